The quantitative estimate of drug-likeness (QED) is 0.348. The van der Waals surface area contributed by atoms with Gasteiger partial charge in [0.1, 0.15) is 5.82 Å². The van der Waals surface area contributed by atoms with E-state index in [0.29, 0.717) is 6.04 Å². The predicted octanol–water partition coefficient (Wildman–Crippen LogP) is 2.13. The standard InChI is InChI=1S/C22H37N7.HI/c1-23-22(26-19-9-11-29(17-19)20-7-3-4-8-20)25-16-18-6-5-10-24-21(18)28-14-12-27(2)13-15-28;/h5-6,10,19-20H,3-4,7-9,11-17H2,1-2H3,(H2,23,25,26);1H. The number of nitrogens with zero attached hydrogens (tertiary/aromatic N) is 5. The van der Waals surface area contributed by atoms with Crippen LogP contribution in [0.5, 0.6) is 0 Å². The number of anilines is 1. The summed E-state index contributed by atoms with van der Waals surface area (Å²) in [5.74, 6) is 2.01. The Hall–Kier alpha value is -1.13. The number of aliphatic imine (C=N–C) groups is 1. The minimum Gasteiger partial charge on any atom is -0.354 e. The van der Waals surface area contributed by atoms with Crippen LogP contribution < -0.4 is 15.5 Å². The Morgan fingerprint density at radius 3 is 2.63 bits per heavy atom. The second kappa shape index (κ2) is 11.5. The SMILES string of the molecule is CN=C(NCc1cccnc1N1CCN(C)CC1)NC1CCN(C2CCCC2)C1.I. The van der Waals surface area contributed by atoms with Crippen LogP contribution >= 0.6 is 24.0 Å². The lowest BCUT2D eigenvalue weighted by Gasteiger charge is -2.34. The molecule has 2 N–H and O–H groups in total. The first-order valence-corrected chi connectivity index (χ1v) is 11.3. The van der Waals surface area contributed by atoms with Crippen LogP contribution in [0, 0.1) is 0 Å². The molecule has 0 aromatic carbocycles. The fraction of sp³-hybridized carbons (Fsp3) is 0.727. The predicted molar refractivity (Wildman–Crippen MR) is 135 cm³/mol. The summed E-state index contributed by atoms with van der Waals surface area (Å²) < 4.78 is 0. The van der Waals surface area contributed by atoms with Crippen molar-refractivity contribution < 1.29 is 0 Å². The first-order valence-electron chi connectivity index (χ1n) is 11.3. The summed E-state index contributed by atoms with van der Waals surface area (Å²) in [5.41, 5.74) is 1.24. The van der Waals surface area contributed by atoms with Gasteiger partial charge in [0.25, 0.3) is 0 Å². The average Bonchev–Trinajstić information content (AvgIpc) is 3.44. The third-order valence-electron chi connectivity index (χ3n) is 6.74. The lowest BCUT2D eigenvalue weighted by Crippen LogP contribution is -2.46. The molecule has 0 bridgehead atoms. The highest BCUT2D eigenvalue weighted by atomic mass is 127. The van der Waals surface area contributed by atoms with Crippen molar-refractivity contribution in [2.24, 2.45) is 4.99 Å². The lowest BCUT2D eigenvalue weighted by atomic mass is 10.2. The molecule has 1 saturated carbocycles. The van der Waals surface area contributed by atoms with E-state index in [2.05, 4.69) is 48.4 Å². The Kier molecular flexibility index (Phi) is 9.00. The van der Waals surface area contributed by atoms with Crippen LogP contribution in [0.4, 0.5) is 5.82 Å². The first kappa shape index (κ1) is 23.5. The number of halogens is 1. The third kappa shape index (κ3) is 5.97. The molecule has 2 saturated heterocycles. The zero-order chi connectivity index (χ0) is 20.1. The molecule has 1 aromatic rings. The zero-order valence-corrected chi connectivity index (χ0v) is 20.8. The van der Waals surface area contributed by atoms with Gasteiger partial charge in [-0.1, -0.05) is 18.9 Å². The maximum Gasteiger partial charge on any atom is 0.191 e. The highest BCUT2D eigenvalue weighted by Gasteiger charge is 2.30. The molecule has 3 heterocycles. The summed E-state index contributed by atoms with van der Waals surface area (Å²) in [6.45, 7) is 7.35. The smallest absolute Gasteiger partial charge is 0.191 e. The number of guanidine groups is 1. The maximum atomic E-state index is 4.69. The summed E-state index contributed by atoms with van der Waals surface area (Å²) in [6, 6.07) is 5.52. The molecule has 3 aliphatic rings. The highest BCUT2D eigenvalue weighted by Crippen LogP contribution is 2.26. The van der Waals surface area contributed by atoms with E-state index in [1.54, 1.807) is 0 Å². The second-order valence-electron chi connectivity index (χ2n) is 8.77. The summed E-state index contributed by atoms with van der Waals surface area (Å²) >= 11 is 0. The number of likely N-dealkylation sites (tertiary alicyclic amines) is 1. The molecule has 2 aliphatic heterocycles. The summed E-state index contributed by atoms with van der Waals surface area (Å²) in [5, 5.41) is 7.18. The van der Waals surface area contributed by atoms with Crippen LogP contribution in [0.25, 0.3) is 0 Å². The molecule has 4 rings (SSSR count). The average molecular weight is 527 g/mol. The molecule has 3 fully saturated rings. The monoisotopic (exact) mass is 527 g/mol. The number of aromatic nitrogens is 1. The van der Waals surface area contributed by atoms with E-state index in [1.165, 1.54) is 44.2 Å². The molecule has 0 amide bonds. The van der Waals surface area contributed by atoms with Crippen molar-refractivity contribution in [2.45, 2.75) is 50.7 Å². The van der Waals surface area contributed by atoms with Crippen molar-refractivity contribution in [3.8, 4) is 0 Å². The van der Waals surface area contributed by atoms with E-state index in [-0.39, 0.29) is 24.0 Å². The molecule has 168 valence electrons. The number of rotatable bonds is 5. The third-order valence-corrected chi connectivity index (χ3v) is 6.74. The van der Waals surface area contributed by atoms with Crippen LogP contribution in [0.15, 0.2) is 23.3 Å². The first-order chi connectivity index (χ1) is 14.2. The molecule has 0 spiro atoms. The molecule has 1 aliphatic carbocycles. The number of hydrogen-bond donors (Lipinski definition) is 2. The van der Waals surface area contributed by atoms with Crippen LogP contribution in [-0.2, 0) is 6.54 Å². The molecule has 1 unspecified atom stereocenters. The van der Waals surface area contributed by atoms with Crippen molar-refractivity contribution in [3.05, 3.63) is 23.9 Å². The number of pyridine rings is 1. The van der Waals surface area contributed by atoms with Crippen LogP contribution in [0.3, 0.4) is 0 Å². The zero-order valence-electron chi connectivity index (χ0n) is 18.5. The lowest BCUT2D eigenvalue weighted by molar-refractivity contribution is 0.242. The number of nitrogens with one attached hydrogen (secondary N) is 2. The molecule has 0 radical (unpaired) electrons. The molecule has 8 heteroatoms. The van der Waals surface area contributed by atoms with E-state index in [4.69, 9.17) is 0 Å². The molecule has 30 heavy (non-hydrogen) atoms. The Morgan fingerprint density at radius 1 is 1.13 bits per heavy atom. The topological polar surface area (TPSA) is 59.0 Å². The largest absolute Gasteiger partial charge is 0.354 e. The van der Waals surface area contributed by atoms with Crippen molar-refractivity contribution in [1.82, 2.24) is 25.4 Å². The van der Waals surface area contributed by atoms with Gasteiger partial charge in [0.15, 0.2) is 5.96 Å². The molecular formula is C22H38IN7. The fourth-order valence-corrected chi connectivity index (χ4v) is 4.94. The van der Waals surface area contributed by atoms with E-state index in [0.717, 1.165) is 57.1 Å². The Morgan fingerprint density at radius 2 is 1.90 bits per heavy atom. The van der Waals surface area contributed by atoms with E-state index in [1.807, 2.05) is 19.3 Å². The minimum atomic E-state index is 0. The Bertz CT molecular complexity index is 684. The van der Waals surface area contributed by atoms with Gasteiger partial charge in [-0.2, -0.15) is 0 Å². The number of piperazine rings is 1. The summed E-state index contributed by atoms with van der Waals surface area (Å²) in [4.78, 5) is 16.6. The van der Waals surface area contributed by atoms with E-state index < -0.39 is 0 Å². The van der Waals surface area contributed by atoms with Gasteiger partial charge < -0.3 is 20.4 Å². The van der Waals surface area contributed by atoms with Crippen LogP contribution in [0.2, 0.25) is 0 Å². The van der Waals surface area contributed by atoms with Crippen LogP contribution in [-0.4, -0.2) is 86.2 Å². The Labute approximate surface area is 198 Å². The van der Waals surface area contributed by atoms with E-state index >= 15 is 0 Å². The number of likely N-dealkylation sites (N-methyl/N-ethyl adjacent to an activating group) is 1. The normalized spacial score (nSPS) is 24.1. The van der Waals surface area contributed by atoms with Gasteiger partial charge in [-0.3, -0.25) is 9.89 Å². The second-order valence-corrected chi connectivity index (χ2v) is 8.77. The van der Waals surface area contributed by atoms with Crippen molar-refractivity contribution >= 4 is 35.8 Å². The minimum absolute atomic E-state index is 0. The van der Waals surface area contributed by atoms with Crippen molar-refractivity contribution in [1.29, 1.82) is 0 Å². The highest BCUT2D eigenvalue weighted by molar-refractivity contribution is 14.0. The van der Waals surface area contributed by atoms with Gasteiger partial charge >= 0.3 is 0 Å². The van der Waals surface area contributed by atoms with Gasteiger partial charge in [-0.25, -0.2) is 4.98 Å². The van der Waals surface area contributed by atoms with Gasteiger partial charge in [-0.15, -0.1) is 24.0 Å². The fourth-order valence-electron chi connectivity index (χ4n) is 4.94. The summed E-state index contributed by atoms with van der Waals surface area (Å²) in [7, 11) is 4.05. The van der Waals surface area contributed by atoms with Gasteiger partial charge in [0.2, 0.25) is 0 Å². The van der Waals surface area contributed by atoms with E-state index in [9.17, 15) is 0 Å². The Balaban J connectivity index is 0.00000256. The van der Waals surface area contributed by atoms with Gasteiger partial charge in [0.05, 0.1) is 0 Å². The van der Waals surface area contributed by atoms with Gasteiger partial charge in [0, 0.05) is 76.7 Å². The maximum absolute atomic E-state index is 4.69. The number of hydrogen-bond acceptors (Lipinski definition) is 5. The molecular weight excluding hydrogens is 489 g/mol. The van der Waals surface area contributed by atoms with Crippen LogP contribution in [0.1, 0.15) is 37.7 Å². The van der Waals surface area contributed by atoms with Crippen molar-refractivity contribution in [2.75, 3.05) is 58.3 Å². The molecule has 7 nitrogen and oxygen atoms in total. The molecule has 1 aromatic heterocycles. The summed E-state index contributed by atoms with van der Waals surface area (Å²) in [6.07, 6.45) is 8.69. The molecule has 1 atom stereocenters. The van der Waals surface area contributed by atoms with Crippen molar-refractivity contribution in [3.63, 3.8) is 0 Å². The van der Waals surface area contributed by atoms with Gasteiger partial charge in [-0.05, 0) is 32.4 Å².